The Morgan fingerprint density at radius 3 is 2.33 bits per heavy atom. The second kappa shape index (κ2) is 7.50. The Morgan fingerprint density at radius 1 is 1.00 bits per heavy atom. The van der Waals surface area contributed by atoms with Crippen molar-refractivity contribution < 1.29 is 19.1 Å². The van der Waals surface area contributed by atoms with Crippen LogP contribution in [0.2, 0.25) is 0 Å². The highest BCUT2D eigenvalue weighted by atomic mass is 16.5. The van der Waals surface area contributed by atoms with Gasteiger partial charge in [0.2, 0.25) is 5.91 Å². The van der Waals surface area contributed by atoms with Crippen LogP contribution in [0.3, 0.4) is 0 Å². The molecule has 2 rings (SSSR count). The van der Waals surface area contributed by atoms with E-state index in [4.69, 9.17) is 9.47 Å². The van der Waals surface area contributed by atoms with Gasteiger partial charge in [-0.2, -0.15) is 0 Å². The monoisotopic (exact) mass is 328 g/mol. The topological polar surface area (TPSA) is 67.9 Å². The lowest BCUT2D eigenvalue weighted by molar-refractivity contribution is -0.114. The molecule has 0 saturated carbocycles. The van der Waals surface area contributed by atoms with E-state index in [0.717, 1.165) is 0 Å². The third-order valence-corrected chi connectivity index (χ3v) is 3.49. The van der Waals surface area contributed by atoms with Crippen LogP contribution in [0.1, 0.15) is 17.3 Å². The lowest BCUT2D eigenvalue weighted by atomic mass is 10.1. The summed E-state index contributed by atoms with van der Waals surface area (Å²) < 4.78 is 10.5. The van der Waals surface area contributed by atoms with Crippen LogP contribution in [-0.2, 0) is 4.79 Å². The number of hydrogen-bond donors (Lipinski definition) is 1. The highest BCUT2D eigenvalue weighted by Crippen LogP contribution is 2.31. The fourth-order valence-electron chi connectivity index (χ4n) is 2.28. The number of carbonyl (C=O) groups is 2. The molecule has 0 saturated heterocycles. The molecule has 6 nitrogen and oxygen atoms in total. The van der Waals surface area contributed by atoms with E-state index in [1.165, 1.54) is 11.8 Å². The van der Waals surface area contributed by atoms with E-state index in [2.05, 4.69) is 5.32 Å². The molecule has 6 heteroatoms. The summed E-state index contributed by atoms with van der Waals surface area (Å²) in [5.41, 5.74) is 1.72. The second-order valence-electron chi connectivity index (χ2n) is 5.17. The van der Waals surface area contributed by atoms with Gasteiger partial charge in [0.15, 0.2) is 11.5 Å². The number of ether oxygens (including phenoxy) is 2. The Balaban J connectivity index is 2.28. The zero-order chi connectivity index (χ0) is 17.7. The van der Waals surface area contributed by atoms with Gasteiger partial charge in [-0.05, 0) is 30.3 Å². The maximum atomic E-state index is 12.7. The molecule has 126 valence electrons. The molecule has 2 amide bonds. The highest BCUT2D eigenvalue weighted by molar-refractivity contribution is 6.06. The molecule has 0 aliphatic carbocycles. The Kier molecular flexibility index (Phi) is 5.42. The number of nitrogens with one attached hydrogen (secondary N) is 1. The van der Waals surface area contributed by atoms with Gasteiger partial charge in [-0.25, -0.2) is 0 Å². The van der Waals surface area contributed by atoms with Gasteiger partial charge in [-0.3, -0.25) is 9.59 Å². The van der Waals surface area contributed by atoms with Crippen LogP contribution in [0.15, 0.2) is 42.5 Å². The van der Waals surface area contributed by atoms with Crippen LogP contribution in [0.4, 0.5) is 11.4 Å². The minimum atomic E-state index is -0.200. The molecule has 24 heavy (non-hydrogen) atoms. The summed E-state index contributed by atoms with van der Waals surface area (Å²) in [6.45, 7) is 1.42. The van der Waals surface area contributed by atoms with Gasteiger partial charge < -0.3 is 19.7 Å². The van der Waals surface area contributed by atoms with Crippen molar-refractivity contribution in [1.29, 1.82) is 0 Å². The molecule has 0 heterocycles. The summed E-state index contributed by atoms with van der Waals surface area (Å²) in [7, 11) is 4.77. The van der Waals surface area contributed by atoms with E-state index in [1.807, 2.05) is 0 Å². The fourth-order valence-corrected chi connectivity index (χ4v) is 2.28. The number of nitrogens with zero attached hydrogens (tertiary/aromatic N) is 1. The molecule has 0 spiro atoms. The van der Waals surface area contributed by atoms with Crippen LogP contribution in [0, 0.1) is 0 Å². The summed E-state index contributed by atoms with van der Waals surface area (Å²) >= 11 is 0. The van der Waals surface area contributed by atoms with E-state index in [1.54, 1.807) is 63.7 Å². The largest absolute Gasteiger partial charge is 0.493 e. The number of methoxy groups -OCH3 is 2. The van der Waals surface area contributed by atoms with Gasteiger partial charge in [-0.1, -0.05) is 6.07 Å². The van der Waals surface area contributed by atoms with Crippen molar-refractivity contribution in [2.45, 2.75) is 6.92 Å². The number of hydrogen-bond acceptors (Lipinski definition) is 4. The standard InChI is InChI=1S/C18H20N2O4/c1-12(21)19-14-7-5-6-13(10-14)18(22)20(2)15-8-9-16(23-3)17(11-15)24-4/h5-11H,1-4H3,(H,19,21). The van der Waals surface area contributed by atoms with E-state index in [0.29, 0.717) is 28.4 Å². The van der Waals surface area contributed by atoms with Crippen LogP contribution < -0.4 is 19.7 Å². The fraction of sp³-hybridized carbons (Fsp3) is 0.222. The number of benzene rings is 2. The molecule has 0 aromatic heterocycles. The molecule has 1 N–H and O–H groups in total. The molecule has 0 bridgehead atoms. The van der Waals surface area contributed by atoms with Crippen molar-refractivity contribution in [2.75, 3.05) is 31.5 Å². The number of amides is 2. The van der Waals surface area contributed by atoms with Crippen molar-refractivity contribution in [1.82, 2.24) is 0 Å². The van der Waals surface area contributed by atoms with E-state index in [9.17, 15) is 9.59 Å². The van der Waals surface area contributed by atoms with Crippen molar-refractivity contribution in [3.05, 3.63) is 48.0 Å². The smallest absolute Gasteiger partial charge is 0.258 e. The molecule has 0 aliphatic rings. The van der Waals surface area contributed by atoms with E-state index >= 15 is 0 Å². The van der Waals surface area contributed by atoms with Gasteiger partial charge in [0.05, 0.1) is 14.2 Å². The average Bonchev–Trinajstić information content (AvgIpc) is 2.59. The number of anilines is 2. The first-order chi connectivity index (χ1) is 11.5. The van der Waals surface area contributed by atoms with Gasteiger partial charge in [0, 0.05) is 37.0 Å². The average molecular weight is 328 g/mol. The third-order valence-electron chi connectivity index (χ3n) is 3.49. The summed E-state index contributed by atoms with van der Waals surface area (Å²) in [5.74, 6) is 0.749. The molecular formula is C18H20N2O4. The van der Waals surface area contributed by atoms with Crippen LogP contribution in [0.5, 0.6) is 11.5 Å². The summed E-state index contributed by atoms with van der Waals surface area (Å²) in [5, 5.41) is 2.67. The Hall–Kier alpha value is -3.02. The first kappa shape index (κ1) is 17.3. The lowest BCUT2D eigenvalue weighted by Gasteiger charge is -2.19. The van der Waals surface area contributed by atoms with Gasteiger partial charge in [-0.15, -0.1) is 0 Å². The van der Waals surface area contributed by atoms with Crippen LogP contribution >= 0.6 is 0 Å². The first-order valence-electron chi connectivity index (χ1n) is 7.34. The quantitative estimate of drug-likeness (QED) is 0.916. The number of rotatable bonds is 5. The Labute approximate surface area is 141 Å². The maximum Gasteiger partial charge on any atom is 0.258 e. The molecule has 0 unspecified atom stereocenters. The Morgan fingerprint density at radius 2 is 1.71 bits per heavy atom. The maximum absolute atomic E-state index is 12.7. The highest BCUT2D eigenvalue weighted by Gasteiger charge is 2.16. The summed E-state index contributed by atoms with van der Waals surface area (Å²) in [6.07, 6.45) is 0. The summed E-state index contributed by atoms with van der Waals surface area (Å²) in [6, 6.07) is 12.0. The summed E-state index contributed by atoms with van der Waals surface area (Å²) in [4.78, 5) is 25.3. The SMILES string of the molecule is COc1ccc(N(C)C(=O)c2cccc(NC(C)=O)c2)cc1OC. The molecule has 0 atom stereocenters. The normalized spacial score (nSPS) is 10.0. The van der Waals surface area contributed by atoms with Crippen molar-refractivity contribution in [3.63, 3.8) is 0 Å². The minimum Gasteiger partial charge on any atom is -0.493 e. The van der Waals surface area contributed by atoms with Crippen molar-refractivity contribution >= 4 is 23.2 Å². The molecule has 2 aromatic carbocycles. The molecule has 0 radical (unpaired) electrons. The zero-order valence-corrected chi connectivity index (χ0v) is 14.1. The minimum absolute atomic E-state index is 0.187. The molecule has 0 aliphatic heterocycles. The second-order valence-corrected chi connectivity index (χ2v) is 5.17. The first-order valence-corrected chi connectivity index (χ1v) is 7.34. The van der Waals surface area contributed by atoms with Gasteiger partial charge in [0.1, 0.15) is 0 Å². The third kappa shape index (κ3) is 3.84. The van der Waals surface area contributed by atoms with Gasteiger partial charge in [0.25, 0.3) is 5.91 Å². The zero-order valence-electron chi connectivity index (χ0n) is 14.1. The van der Waals surface area contributed by atoms with Crippen molar-refractivity contribution in [3.8, 4) is 11.5 Å². The predicted molar refractivity (Wildman–Crippen MR) is 93.0 cm³/mol. The molecule has 2 aromatic rings. The predicted octanol–water partition coefficient (Wildman–Crippen LogP) is 2.94. The van der Waals surface area contributed by atoms with E-state index in [-0.39, 0.29) is 11.8 Å². The molecule has 0 fully saturated rings. The number of carbonyl (C=O) groups excluding carboxylic acids is 2. The lowest BCUT2D eigenvalue weighted by Crippen LogP contribution is -2.26. The van der Waals surface area contributed by atoms with Crippen molar-refractivity contribution in [2.24, 2.45) is 0 Å². The molecular weight excluding hydrogens is 308 g/mol. The Bertz CT molecular complexity index is 758. The van der Waals surface area contributed by atoms with Gasteiger partial charge >= 0.3 is 0 Å². The van der Waals surface area contributed by atoms with E-state index < -0.39 is 0 Å². The van der Waals surface area contributed by atoms with Crippen LogP contribution in [-0.4, -0.2) is 33.1 Å². The van der Waals surface area contributed by atoms with Crippen LogP contribution in [0.25, 0.3) is 0 Å².